The van der Waals surface area contributed by atoms with Crippen LogP contribution in [0.1, 0.15) is 9.67 Å². The fourth-order valence-corrected chi connectivity index (χ4v) is 2.59. The lowest BCUT2D eigenvalue weighted by Crippen LogP contribution is -1.91. The molecule has 14 heavy (non-hydrogen) atoms. The number of carbonyl (C=O) groups is 1. The van der Waals surface area contributed by atoms with Gasteiger partial charge in [0.25, 0.3) is 0 Å². The molecule has 0 aliphatic heterocycles. The maximum absolute atomic E-state index is 10.5. The van der Waals surface area contributed by atoms with Gasteiger partial charge >= 0.3 is 0 Å². The minimum absolute atomic E-state index is 0.731. The average molecular weight is 225 g/mol. The van der Waals surface area contributed by atoms with Crippen LogP contribution in [-0.2, 0) is 7.05 Å². The number of nitrogens with zero attached hydrogens (tertiary/aromatic N) is 3. The lowest BCUT2D eigenvalue weighted by atomic mass is 10.5. The zero-order valence-electron chi connectivity index (χ0n) is 7.38. The van der Waals surface area contributed by atoms with Crippen molar-refractivity contribution >= 4 is 29.4 Å². The summed E-state index contributed by atoms with van der Waals surface area (Å²) in [6.45, 7) is 0. The van der Waals surface area contributed by atoms with Crippen molar-refractivity contribution < 1.29 is 4.79 Å². The predicted molar refractivity (Wildman–Crippen MR) is 54.8 cm³/mol. The molecule has 0 aliphatic carbocycles. The van der Waals surface area contributed by atoms with Gasteiger partial charge in [-0.3, -0.25) is 4.79 Å². The number of hydrogen-bond acceptors (Lipinski definition) is 5. The van der Waals surface area contributed by atoms with E-state index in [-0.39, 0.29) is 0 Å². The minimum Gasteiger partial charge on any atom is -0.297 e. The molecule has 2 aromatic rings. The molecule has 72 valence electrons. The highest BCUT2D eigenvalue weighted by molar-refractivity contribution is 7.99. The molecule has 2 rings (SSSR count). The smallest absolute Gasteiger partial charge is 0.190 e. The molecule has 0 spiro atoms. The summed E-state index contributed by atoms with van der Waals surface area (Å²) in [7, 11) is 1.84. The van der Waals surface area contributed by atoms with Gasteiger partial charge in [-0.2, -0.15) is 5.10 Å². The van der Waals surface area contributed by atoms with E-state index in [1.165, 1.54) is 29.4 Å². The van der Waals surface area contributed by atoms with Crippen molar-refractivity contribution in [3.05, 3.63) is 22.7 Å². The molecule has 0 N–H and O–H groups in total. The average Bonchev–Trinajstić information content (AvgIpc) is 2.77. The molecule has 0 radical (unpaired) electrons. The molecule has 0 fully saturated rings. The van der Waals surface area contributed by atoms with Gasteiger partial charge in [0.05, 0.1) is 4.88 Å². The van der Waals surface area contributed by atoms with Crippen LogP contribution in [0.2, 0.25) is 0 Å². The standard InChI is InChI=1S/C8H7N3OS2/c1-11-8(9-5-10-11)14-7-2-6(3-12)13-4-7/h2-5H,1H3. The second kappa shape index (κ2) is 3.93. The van der Waals surface area contributed by atoms with Crippen molar-refractivity contribution in [2.24, 2.45) is 7.05 Å². The molecule has 4 nitrogen and oxygen atoms in total. The van der Waals surface area contributed by atoms with Gasteiger partial charge in [0, 0.05) is 17.3 Å². The first-order valence-electron chi connectivity index (χ1n) is 3.85. The molecule has 0 saturated heterocycles. The Hall–Kier alpha value is -1.14. The molecule has 6 heteroatoms. The van der Waals surface area contributed by atoms with Crippen molar-refractivity contribution in [1.82, 2.24) is 14.8 Å². The first kappa shape index (κ1) is 9.42. The lowest BCUT2D eigenvalue weighted by Gasteiger charge is -1.95. The number of aromatic nitrogens is 3. The highest BCUT2D eigenvalue weighted by atomic mass is 32.2. The lowest BCUT2D eigenvalue weighted by molar-refractivity contribution is 0.112. The Balaban J connectivity index is 2.18. The van der Waals surface area contributed by atoms with E-state index < -0.39 is 0 Å². The van der Waals surface area contributed by atoms with Crippen molar-refractivity contribution in [2.45, 2.75) is 10.1 Å². The number of carbonyl (C=O) groups excluding carboxylic acids is 1. The fraction of sp³-hybridized carbons (Fsp3) is 0.125. The Morgan fingerprint density at radius 2 is 2.50 bits per heavy atom. The Labute approximate surface area is 89.0 Å². The van der Waals surface area contributed by atoms with Crippen molar-refractivity contribution in [3.63, 3.8) is 0 Å². The zero-order valence-corrected chi connectivity index (χ0v) is 9.01. The summed E-state index contributed by atoms with van der Waals surface area (Å²) in [5.41, 5.74) is 0. The molecular weight excluding hydrogens is 218 g/mol. The summed E-state index contributed by atoms with van der Waals surface area (Å²) in [4.78, 5) is 16.3. The van der Waals surface area contributed by atoms with E-state index in [2.05, 4.69) is 10.1 Å². The monoisotopic (exact) mass is 225 g/mol. The van der Waals surface area contributed by atoms with E-state index in [1.807, 2.05) is 18.5 Å². The third-order valence-electron chi connectivity index (χ3n) is 1.59. The van der Waals surface area contributed by atoms with Crippen LogP contribution in [0.5, 0.6) is 0 Å². The normalized spacial score (nSPS) is 10.4. The summed E-state index contributed by atoms with van der Waals surface area (Å²) in [5, 5.41) is 6.71. The van der Waals surface area contributed by atoms with Crippen LogP contribution in [0, 0.1) is 0 Å². The van der Waals surface area contributed by atoms with Crippen LogP contribution in [-0.4, -0.2) is 21.1 Å². The van der Waals surface area contributed by atoms with E-state index in [4.69, 9.17) is 0 Å². The van der Waals surface area contributed by atoms with Gasteiger partial charge < -0.3 is 0 Å². The van der Waals surface area contributed by atoms with Crippen LogP contribution in [0.4, 0.5) is 0 Å². The quantitative estimate of drug-likeness (QED) is 0.748. The van der Waals surface area contributed by atoms with Crippen LogP contribution >= 0.6 is 23.1 Å². The SMILES string of the molecule is Cn1ncnc1Sc1csc(C=O)c1. The van der Waals surface area contributed by atoms with Gasteiger partial charge in [-0.15, -0.1) is 11.3 Å². The first-order chi connectivity index (χ1) is 6.79. The van der Waals surface area contributed by atoms with Crippen molar-refractivity contribution in [3.8, 4) is 0 Å². The molecule has 2 aromatic heterocycles. The summed E-state index contributed by atoms with van der Waals surface area (Å²) >= 11 is 2.93. The Morgan fingerprint density at radius 3 is 3.07 bits per heavy atom. The molecule has 2 heterocycles. The topological polar surface area (TPSA) is 47.8 Å². The molecule has 0 saturated carbocycles. The van der Waals surface area contributed by atoms with E-state index in [0.717, 1.165) is 21.2 Å². The molecule has 0 atom stereocenters. The summed E-state index contributed by atoms with van der Waals surface area (Å²) in [6.07, 6.45) is 2.36. The third-order valence-corrected chi connectivity index (χ3v) is 3.62. The van der Waals surface area contributed by atoms with Gasteiger partial charge in [0.15, 0.2) is 11.4 Å². The zero-order chi connectivity index (χ0) is 9.97. The number of hydrogen-bond donors (Lipinski definition) is 0. The molecule has 0 amide bonds. The van der Waals surface area contributed by atoms with E-state index in [9.17, 15) is 4.79 Å². The van der Waals surface area contributed by atoms with Crippen LogP contribution in [0.15, 0.2) is 27.8 Å². The van der Waals surface area contributed by atoms with Crippen LogP contribution in [0.25, 0.3) is 0 Å². The Bertz CT molecular complexity index is 449. The maximum Gasteiger partial charge on any atom is 0.190 e. The van der Waals surface area contributed by atoms with E-state index >= 15 is 0 Å². The number of aldehydes is 1. The molecule has 0 unspecified atom stereocenters. The number of aryl methyl sites for hydroxylation is 1. The first-order valence-corrected chi connectivity index (χ1v) is 5.55. The molecule has 0 bridgehead atoms. The van der Waals surface area contributed by atoms with E-state index in [1.54, 1.807) is 4.68 Å². The fourth-order valence-electron chi connectivity index (χ4n) is 0.933. The van der Waals surface area contributed by atoms with Crippen molar-refractivity contribution in [1.29, 1.82) is 0 Å². The Morgan fingerprint density at radius 1 is 1.64 bits per heavy atom. The second-order valence-corrected chi connectivity index (χ2v) is 4.55. The molecule has 0 aromatic carbocycles. The predicted octanol–water partition coefficient (Wildman–Crippen LogP) is 1.84. The number of thiophene rings is 1. The molecule has 0 aliphatic rings. The second-order valence-electron chi connectivity index (χ2n) is 2.57. The van der Waals surface area contributed by atoms with Gasteiger partial charge in [-0.1, -0.05) is 0 Å². The summed E-state index contributed by atoms with van der Waals surface area (Å²) in [6, 6.07) is 1.84. The van der Waals surface area contributed by atoms with Crippen LogP contribution < -0.4 is 0 Å². The third kappa shape index (κ3) is 1.85. The highest BCUT2D eigenvalue weighted by Gasteiger charge is 2.05. The van der Waals surface area contributed by atoms with Crippen molar-refractivity contribution in [2.75, 3.05) is 0 Å². The summed E-state index contributed by atoms with van der Waals surface area (Å²) < 4.78 is 1.70. The van der Waals surface area contributed by atoms with Gasteiger partial charge in [0.2, 0.25) is 0 Å². The van der Waals surface area contributed by atoms with Gasteiger partial charge in [-0.25, -0.2) is 9.67 Å². The van der Waals surface area contributed by atoms with Crippen LogP contribution in [0.3, 0.4) is 0 Å². The highest BCUT2D eigenvalue weighted by Crippen LogP contribution is 2.28. The Kier molecular flexibility index (Phi) is 2.64. The molecular formula is C8H7N3OS2. The summed E-state index contributed by atoms with van der Waals surface area (Å²) in [5.74, 6) is 0. The number of rotatable bonds is 3. The van der Waals surface area contributed by atoms with Gasteiger partial charge in [0.1, 0.15) is 6.33 Å². The van der Waals surface area contributed by atoms with E-state index in [0.29, 0.717) is 0 Å². The minimum atomic E-state index is 0.731. The van der Waals surface area contributed by atoms with Gasteiger partial charge in [-0.05, 0) is 17.8 Å². The largest absolute Gasteiger partial charge is 0.297 e. The maximum atomic E-state index is 10.5.